The second kappa shape index (κ2) is 6.29. The number of hydrogen-bond donors (Lipinski definition) is 1. The van der Waals surface area contributed by atoms with E-state index < -0.39 is 0 Å². The molecule has 3 heteroatoms. The van der Waals surface area contributed by atoms with Gasteiger partial charge in [0.1, 0.15) is 4.11 Å². The minimum atomic E-state index is -0.147. The van der Waals surface area contributed by atoms with Crippen LogP contribution < -0.4 is 0 Å². The molecule has 0 saturated carbocycles. The van der Waals surface area contributed by atoms with E-state index in [0.29, 0.717) is 0 Å². The Hall–Kier alpha value is 1.17. The van der Waals surface area contributed by atoms with E-state index in [1.807, 2.05) is 22.6 Å². The first-order valence-electron chi connectivity index (χ1n) is 2.65. The molecule has 0 heterocycles. The fourth-order valence-corrected chi connectivity index (χ4v) is 1.24. The van der Waals surface area contributed by atoms with Crippen molar-refractivity contribution in [2.24, 2.45) is 0 Å². The number of aliphatic hydroxyl groups excluding tert-OH is 1. The Bertz CT molecular complexity index is 49.7. The molecule has 1 atom stereocenters. The Morgan fingerprint density at radius 2 is 2.12 bits per heavy atom. The predicted octanol–water partition coefficient (Wildman–Crippen LogP) is 2.31. The van der Waals surface area contributed by atoms with Crippen molar-refractivity contribution < 1.29 is 5.11 Å². The molecule has 0 amide bonds. The van der Waals surface area contributed by atoms with Gasteiger partial charge in [-0.1, -0.05) is 38.5 Å². The van der Waals surface area contributed by atoms with Crippen molar-refractivity contribution in [3.63, 3.8) is 0 Å². The maximum Gasteiger partial charge on any atom is 0.105 e. The number of hydrogen-bond acceptors (Lipinski definition) is 1. The largest absolute Gasteiger partial charge is 0.383 e. The highest BCUT2D eigenvalue weighted by Gasteiger charge is 1.94. The fourth-order valence-electron chi connectivity index (χ4n) is 0.407. The SMILES string of the molecule is OC(I)CCCCBr. The first-order chi connectivity index (χ1) is 3.77. The molecule has 0 aliphatic carbocycles. The Kier molecular flexibility index (Phi) is 7.21. The van der Waals surface area contributed by atoms with E-state index in [1.165, 1.54) is 6.42 Å². The van der Waals surface area contributed by atoms with E-state index in [-0.39, 0.29) is 4.11 Å². The topological polar surface area (TPSA) is 20.2 Å². The normalized spacial score (nSPS) is 13.9. The summed E-state index contributed by atoms with van der Waals surface area (Å²) in [6.45, 7) is 0. The summed E-state index contributed by atoms with van der Waals surface area (Å²) >= 11 is 5.34. The molecule has 1 N–H and O–H groups in total. The van der Waals surface area contributed by atoms with E-state index in [4.69, 9.17) is 5.11 Å². The number of halogens is 2. The van der Waals surface area contributed by atoms with Gasteiger partial charge < -0.3 is 5.11 Å². The standard InChI is InChI=1S/C5H10BrIO/c6-4-2-1-3-5(7)8/h5,8H,1-4H2. The zero-order valence-corrected chi connectivity index (χ0v) is 8.35. The third-order valence-electron chi connectivity index (χ3n) is 0.826. The average Bonchev–Trinajstić information content (AvgIpc) is 1.66. The predicted molar refractivity (Wildman–Crippen MR) is 47.7 cm³/mol. The summed E-state index contributed by atoms with van der Waals surface area (Å²) in [5.41, 5.74) is 0. The molecular formula is C5H10BrIO. The van der Waals surface area contributed by atoms with Crippen molar-refractivity contribution >= 4 is 38.5 Å². The maximum absolute atomic E-state index is 8.75. The highest BCUT2D eigenvalue weighted by atomic mass is 127. The summed E-state index contributed by atoms with van der Waals surface area (Å²) in [6, 6.07) is 0. The highest BCUT2D eigenvalue weighted by Crippen LogP contribution is 2.07. The van der Waals surface area contributed by atoms with Gasteiger partial charge in [0, 0.05) is 5.33 Å². The molecule has 0 aromatic heterocycles. The number of alkyl halides is 2. The smallest absolute Gasteiger partial charge is 0.105 e. The summed E-state index contributed by atoms with van der Waals surface area (Å²) in [5, 5.41) is 9.80. The number of unbranched alkanes of at least 4 members (excludes halogenated alkanes) is 1. The molecule has 0 fully saturated rings. The quantitative estimate of drug-likeness (QED) is 0.479. The Labute approximate surface area is 72.1 Å². The molecule has 0 aromatic carbocycles. The van der Waals surface area contributed by atoms with Gasteiger partial charge in [-0.25, -0.2) is 0 Å². The van der Waals surface area contributed by atoms with Crippen LogP contribution in [0.1, 0.15) is 19.3 Å². The van der Waals surface area contributed by atoms with Gasteiger partial charge in [0.15, 0.2) is 0 Å². The van der Waals surface area contributed by atoms with Gasteiger partial charge >= 0.3 is 0 Å². The van der Waals surface area contributed by atoms with Crippen molar-refractivity contribution in [2.45, 2.75) is 23.4 Å². The van der Waals surface area contributed by atoms with Gasteiger partial charge in [0.2, 0.25) is 0 Å². The number of aliphatic hydroxyl groups is 1. The molecule has 0 aliphatic heterocycles. The monoisotopic (exact) mass is 292 g/mol. The third-order valence-corrected chi connectivity index (χ3v) is 2.01. The summed E-state index contributed by atoms with van der Waals surface area (Å²) in [4.78, 5) is 0. The highest BCUT2D eigenvalue weighted by molar-refractivity contribution is 14.1. The lowest BCUT2D eigenvalue weighted by molar-refractivity contribution is 0.265. The van der Waals surface area contributed by atoms with Crippen LogP contribution in [0.3, 0.4) is 0 Å². The van der Waals surface area contributed by atoms with Gasteiger partial charge in [0.25, 0.3) is 0 Å². The van der Waals surface area contributed by atoms with Gasteiger partial charge in [-0.05, 0) is 19.3 Å². The molecule has 0 spiro atoms. The van der Waals surface area contributed by atoms with Crippen LogP contribution in [0.25, 0.3) is 0 Å². The molecule has 8 heavy (non-hydrogen) atoms. The van der Waals surface area contributed by atoms with E-state index in [9.17, 15) is 0 Å². The van der Waals surface area contributed by atoms with Crippen LogP contribution in [-0.4, -0.2) is 14.5 Å². The van der Waals surface area contributed by atoms with Crippen molar-refractivity contribution in [3.05, 3.63) is 0 Å². The van der Waals surface area contributed by atoms with E-state index in [1.54, 1.807) is 0 Å². The minimum absolute atomic E-state index is 0.147. The minimum Gasteiger partial charge on any atom is -0.383 e. The molecule has 1 nitrogen and oxygen atoms in total. The maximum atomic E-state index is 8.75. The molecule has 0 radical (unpaired) electrons. The van der Waals surface area contributed by atoms with E-state index in [0.717, 1.165) is 18.2 Å². The molecular weight excluding hydrogens is 283 g/mol. The second-order valence-corrected chi connectivity index (χ2v) is 3.85. The van der Waals surface area contributed by atoms with Crippen LogP contribution in [0.4, 0.5) is 0 Å². The van der Waals surface area contributed by atoms with Crippen molar-refractivity contribution in [1.82, 2.24) is 0 Å². The lowest BCUT2D eigenvalue weighted by Gasteiger charge is -1.98. The molecule has 0 rings (SSSR count). The average molecular weight is 293 g/mol. The summed E-state index contributed by atoms with van der Waals surface area (Å²) in [5.74, 6) is 0. The van der Waals surface area contributed by atoms with Crippen molar-refractivity contribution in [1.29, 1.82) is 0 Å². The van der Waals surface area contributed by atoms with Crippen LogP contribution in [0.15, 0.2) is 0 Å². The molecule has 0 aromatic rings. The summed E-state index contributed by atoms with van der Waals surface area (Å²) < 4.78 is -0.147. The van der Waals surface area contributed by atoms with Gasteiger partial charge in [0.05, 0.1) is 0 Å². The summed E-state index contributed by atoms with van der Waals surface area (Å²) in [7, 11) is 0. The van der Waals surface area contributed by atoms with Crippen LogP contribution in [-0.2, 0) is 0 Å². The zero-order chi connectivity index (χ0) is 6.41. The third kappa shape index (κ3) is 7.17. The second-order valence-electron chi connectivity index (χ2n) is 1.62. The molecule has 0 aliphatic rings. The van der Waals surface area contributed by atoms with E-state index >= 15 is 0 Å². The van der Waals surface area contributed by atoms with Gasteiger partial charge in [-0.3, -0.25) is 0 Å². The van der Waals surface area contributed by atoms with Crippen LogP contribution in [0, 0.1) is 0 Å². The van der Waals surface area contributed by atoms with Crippen LogP contribution >= 0.6 is 38.5 Å². The molecule has 50 valence electrons. The molecule has 1 unspecified atom stereocenters. The Morgan fingerprint density at radius 3 is 2.50 bits per heavy atom. The van der Waals surface area contributed by atoms with Crippen molar-refractivity contribution in [2.75, 3.05) is 5.33 Å². The van der Waals surface area contributed by atoms with Gasteiger partial charge in [-0.15, -0.1) is 0 Å². The first kappa shape index (κ1) is 9.17. The lowest BCUT2D eigenvalue weighted by atomic mass is 10.3. The van der Waals surface area contributed by atoms with Crippen LogP contribution in [0.5, 0.6) is 0 Å². The van der Waals surface area contributed by atoms with Crippen molar-refractivity contribution in [3.8, 4) is 0 Å². The van der Waals surface area contributed by atoms with Gasteiger partial charge in [-0.2, -0.15) is 0 Å². The van der Waals surface area contributed by atoms with Crippen LogP contribution in [0.2, 0.25) is 0 Å². The number of rotatable bonds is 4. The lowest BCUT2D eigenvalue weighted by Crippen LogP contribution is -1.93. The Balaban J connectivity index is 2.72. The molecule has 0 bridgehead atoms. The first-order valence-corrected chi connectivity index (χ1v) is 5.02. The molecule has 0 saturated heterocycles. The Morgan fingerprint density at radius 1 is 1.50 bits per heavy atom. The fraction of sp³-hybridized carbons (Fsp3) is 1.00. The van der Waals surface area contributed by atoms with E-state index in [2.05, 4.69) is 15.9 Å². The zero-order valence-electron chi connectivity index (χ0n) is 4.61. The summed E-state index contributed by atoms with van der Waals surface area (Å²) in [6.07, 6.45) is 3.21.